The molecule has 0 saturated carbocycles. The van der Waals surface area contributed by atoms with Gasteiger partial charge in [0.25, 0.3) is 0 Å². The molecule has 0 amide bonds. The first-order valence-electron chi connectivity index (χ1n) is 21.8. The van der Waals surface area contributed by atoms with E-state index < -0.39 is 5.41 Å². The van der Waals surface area contributed by atoms with Crippen LogP contribution in [-0.4, -0.2) is 0 Å². The fourth-order valence-electron chi connectivity index (χ4n) is 10.9. The van der Waals surface area contributed by atoms with E-state index in [1.54, 1.807) is 0 Å². The minimum atomic E-state index is -0.705. The molecule has 1 aromatic heterocycles. The Labute approximate surface area is 366 Å². The Morgan fingerprint density at radius 1 is 0.286 bits per heavy atom. The van der Waals surface area contributed by atoms with Crippen molar-refractivity contribution in [3.63, 3.8) is 0 Å². The third-order valence-electron chi connectivity index (χ3n) is 13.5. The van der Waals surface area contributed by atoms with Crippen LogP contribution >= 0.6 is 0 Å². The Hall–Kier alpha value is -8.20. The van der Waals surface area contributed by atoms with E-state index in [4.69, 9.17) is 4.42 Å². The average Bonchev–Trinajstić information content (AvgIpc) is 3.83. The summed E-state index contributed by atoms with van der Waals surface area (Å²) >= 11 is 0. The molecule has 0 bridgehead atoms. The lowest BCUT2D eigenvalue weighted by atomic mass is 9.65. The number of anilines is 3. The quantitative estimate of drug-likeness (QED) is 0.172. The molecule has 1 spiro atoms. The van der Waals surface area contributed by atoms with Crippen LogP contribution in [0.4, 0.5) is 17.1 Å². The predicted molar refractivity (Wildman–Crippen MR) is 261 cm³/mol. The van der Waals surface area contributed by atoms with E-state index in [9.17, 15) is 0 Å². The van der Waals surface area contributed by atoms with E-state index >= 15 is 0 Å². The highest BCUT2D eigenvalue weighted by molar-refractivity contribution is 6.09. The van der Waals surface area contributed by atoms with Gasteiger partial charge in [-0.1, -0.05) is 194 Å². The van der Waals surface area contributed by atoms with Crippen LogP contribution in [0.15, 0.2) is 241 Å². The van der Waals surface area contributed by atoms with Crippen molar-refractivity contribution in [2.24, 2.45) is 0 Å². The maximum atomic E-state index is 6.76. The fraction of sp³-hybridized carbons (Fsp3) is 0.0164. The molecule has 0 radical (unpaired) electrons. The number of benzene rings is 10. The van der Waals surface area contributed by atoms with Crippen LogP contribution in [0.2, 0.25) is 0 Å². The maximum Gasteiger partial charge on any atom is 0.135 e. The van der Waals surface area contributed by atoms with Crippen molar-refractivity contribution < 1.29 is 4.42 Å². The molecule has 10 aromatic carbocycles. The summed E-state index contributed by atoms with van der Waals surface area (Å²) in [6.45, 7) is 0. The van der Waals surface area contributed by atoms with Crippen LogP contribution < -0.4 is 4.90 Å². The lowest BCUT2D eigenvalue weighted by molar-refractivity contribution is 0.666. The first-order valence-corrected chi connectivity index (χ1v) is 21.8. The Balaban J connectivity index is 1.18. The summed E-state index contributed by atoms with van der Waals surface area (Å²) in [7, 11) is 0. The third-order valence-corrected chi connectivity index (χ3v) is 13.5. The molecule has 2 heteroatoms. The molecule has 63 heavy (non-hydrogen) atoms. The lowest BCUT2D eigenvalue weighted by Crippen LogP contribution is -2.29. The molecule has 2 nitrogen and oxygen atoms in total. The number of nitrogens with zero attached hydrogens (tertiary/aromatic N) is 1. The molecular formula is C61H39NO. The second-order valence-corrected chi connectivity index (χ2v) is 16.7. The van der Waals surface area contributed by atoms with Gasteiger partial charge in [0.15, 0.2) is 0 Å². The van der Waals surface area contributed by atoms with Crippen molar-refractivity contribution in [3.8, 4) is 55.6 Å². The molecule has 13 rings (SSSR count). The molecule has 1 heterocycles. The first-order chi connectivity index (χ1) is 31.3. The van der Waals surface area contributed by atoms with E-state index in [0.717, 1.165) is 61.3 Å². The zero-order chi connectivity index (χ0) is 41.5. The Morgan fingerprint density at radius 2 is 0.746 bits per heavy atom. The van der Waals surface area contributed by atoms with Gasteiger partial charge >= 0.3 is 0 Å². The molecule has 0 saturated heterocycles. The number of para-hydroxylation sites is 3. The van der Waals surface area contributed by atoms with Crippen molar-refractivity contribution >= 4 is 39.0 Å². The maximum absolute atomic E-state index is 6.76. The predicted octanol–water partition coefficient (Wildman–Crippen LogP) is 16.4. The summed E-state index contributed by atoms with van der Waals surface area (Å²) < 4.78 is 6.76. The van der Waals surface area contributed by atoms with Gasteiger partial charge in [-0.15, -0.1) is 0 Å². The smallest absolute Gasteiger partial charge is 0.135 e. The summed E-state index contributed by atoms with van der Waals surface area (Å²) in [5, 5.41) is 2.27. The highest BCUT2D eigenvalue weighted by atomic mass is 16.3. The molecule has 294 valence electrons. The molecule has 2 aliphatic carbocycles. The van der Waals surface area contributed by atoms with E-state index in [1.807, 2.05) is 0 Å². The molecule has 1 atom stereocenters. The summed E-state index contributed by atoms with van der Waals surface area (Å²) in [5.74, 6) is 0. The topological polar surface area (TPSA) is 16.4 Å². The largest absolute Gasteiger partial charge is 0.456 e. The highest BCUT2D eigenvalue weighted by Gasteiger charge is 2.50. The summed E-state index contributed by atoms with van der Waals surface area (Å²) in [4.78, 5) is 2.49. The summed E-state index contributed by atoms with van der Waals surface area (Å²) in [6, 6.07) is 86.8. The molecule has 0 N–H and O–H groups in total. The molecule has 1 unspecified atom stereocenters. The standard InChI is InChI=1S/C61H39NO/c1-3-19-40(20-4-1)43-23-11-16-32-57(43)62(58-33-17-12-24-44(58)41-21-5-2-6-22-41)42-35-36-49-46-26-8-7-25-45(46)47-27-9-14-30-53(47)61(55(49)37-42)54-31-15-10-28-48(54)51-38-52-50-29-13-18-34-59(50)63-60(52)39-56(51)61/h1-39H. The van der Waals surface area contributed by atoms with Crippen LogP contribution in [0.5, 0.6) is 0 Å². The molecule has 0 aliphatic heterocycles. The lowest BCUT2D eigenvalue weighted by Gasteiger charge is -2.37. The SMILES string of the molecule is c1ccc(-c2ccccc2N(c2ccc3c(c2)C2(c4ccccc4-c4ccccc4-3)c3ccccc3-c3cc4c(cc32)oc2ccccc24)c2ccccc2-c2ccccc2)cc1. The Kier molecular flexibility index (Phi) is 7.85. The van der Waals surface area contributed by atoms with Crippen LogP contribution in [0.25, 0.3) is 77.6 Å². The number of fused-ring (bicyclic) bond motifs is 15. The van der Waals surface area contributed by atoms with Crippen LogP contribution in [0, 0.1) is 0 Å². The second kappa shape index (κ2) is 13.9. The van der Waals surface area contributed by atoms with Crippen molar-refractivity contribution in [1.82, 2.24) is 0 Å². The summed E-state index contributed by atoms with van der Waals surface area (Å²) in [5.41, 5.74) is 21.4. The molecule has 0 fully saturated rings. The second-order valence-electron chi connectivity index (χ2n) is 16.7. The van der Waals surface area contributed by atoms with Gasteiger partial charge in [0.1, 0.15) is 11.2 Å². The van der Waals surface area contributed by atoms with Crippen molar-refractivity contribution in [1.29, 1.82) is 0 Å². The summed E-state index contributed by atoms with van der Waals surface area (Å²) in [6.07, 6.45) is 0. The minimum Gasteiger partial charge on any atom is -0.456 e. The van der Waals surface area contributed by atoms with Gasteiger partial charge in [-0.05, 0) is 109 Å². The molecule has 11 aromatic rings. The van der Waals surface area contributed by atoms with Crippen LogP contribution in [0.3, 0.4) is 0 Å². The minimum absolute atomic E-state index is 0.705. The van der Waals surface area contributed by atoms with E-state index in [2.05, 4.69) is 241 Å². The van der Waals surface area contributed by atoms with Gasteiger partial charge in [0, 0.05) is 27.6 Å². The Morgan fingerprint density at radius 3 is 1.37 bits per heavy atom. The zero-order valence-corrected chi connectivity index (χ0v) is 34.4. The number of furan rings is 1. The van der Waals surface area contributed by atoms with Gasteiger partial charge in [-0.25, -0.2) is 0 Å². The number of hydrogen-bond donors (Lipinski definition) is 0. The van der Waals surface area contributed by atoms with Crippen molar-refractivity contribution in [3.05, 3.63) is 259 Å². The van der Waals surface area contributed by atoms with E-state index in [-0.39, 0.29) is 0 Å². The van der Waals surface area contributed by atoms with E-state index in [0.29, 0.717) is 0 Å². The fourth-order valence-corrected chi connectivity index (χ4v) is 10.9. The van der Waals surface area contributed by atoms with E-state index in [1.165, 1.54) is 55.6 Å². The van der Waals surface area contributed by atoms with Crippen molar-refractivity contribution in [2.45, 2.75) is 5.41 Å². The van der Waals surface area contributed by atoms with Gasteiger partial charge in [-0.3, -0.25) is 0 Å². The monoisotopic (exact) mass is 801 g/mol. The first kappa shape index (κ1) is 35.5. The normalized spacial score (nSPS) is 14.4. The van der Waals surface area contributed by atoms with Crippen molar-refractivity contribution in [2.75, 3.05) is 4.90 Å². The number of rotatable bonds is 5. The Bertz CT molecular complexity index is 3500. The molecular weight excluding hydrogens is 763 g/mol. The average molecular weight is 802 g/mol. The van der Waals surface area contributed by atoms with Crippen LogP contribution in [0.1, 0.15) is 22.3 Å². The number of hydrogen-bond acceptors (Lipinski definition) is 2. The molecule has 2 aliphatic rings. The van der Waals surface area contributed by atoms with Gasteiger partial charge in [0.2, 0.25) is 0 Å². The van der Waals surface area contributed by atoms with Gasteiger partial charge in [-0.2, -0.15) is 0 Å². The van der Waals surface area contributed by atoms with Crippen LogP contribution in [-0.2, 0) is 5.41 Å². The van der Waals surface area contributed by atoms with Gasteiger partial charge < -0.3 is 9.32 Å². The zero-order valence-electron chi connectivity index (χ0n) is 34.4. The third kappa shape index (κ3) is 5.19. The van der Waals surface area contributed by atoms with Gasteiger partial charge in [0.05, 0.1) is 16.8 Å². The highest BCUT2D eigenvalue weighted by Crippen LogP contribution is 2.63.